The van der Waals surface area contributed by atoms with E-state index < -0.39 is 29.7 Å². The number of carbonyl (C=O) groups excluding carboxylic acids is 4. The van der Waals surface area contributed by atoms with E-state index in [2.05, 4.69) is 16.0 Å². The fraction of sp³-hybridized carbons (Fsp3) is 0.467. The largest absolute Gasteiger partial charge is 0.467 e. The molecule has 0 radical (unpaired) electrons. The van der Waals surface area contributed by atoms with Gasteiger partial charge in [0.1, 0.15) is 17.7 Å². The molecule has 39 heavy (non-hydrogen) atoms. The number of ether oxygens (including phenoxy) is 2. The Morgan fingerprint density at radius 1 is 0.769 bits per heavy atom. The molecule has 3 amide bonds. The van der Waals surface area contributed by atoms with Crippen molar-refractivity contribution in [3.05, 3.63) is 71.8 Å². The molecule has 2 rings (SSSR count). The standard InChI is InChI=1S/C30H41N3O6/c1-30(2,3)39-29(37)33-24(20-22-14-8-5-9-15-22)27(35)31-19-13-7-12-18-26(34)32-25(28(36)38-4)21-23-16-10-6-11-17-23/h5-6,8-11,14-17,24-25H,7,12-13,18-21H2,1-4H3,(H,31,35)(H,32,34)(H,33,37)/t24-,25-/m0/s1. The predicted octanol–water partition coefficient (Wildman–Crippen LogP) is 3.70. The van der Waals surface area contributed by atoms with Crippen molar-refractivity contribution >= 4 is 23.9 Å². The predicted molar refractivity (Wildman–Crippen MR) is 149 cm³/mol. The maximum Gasteiger partial charge on any atom is 0.408 e. The second-order valence-corrected chi connectivity index (χ2v) is 10.3. The second kappa shape index (κ2) is 16.2. The van der Waals surface area contributed by atoms with Gasteiger partial charge in [-0.15, -0.1) is 0 Å². The van der Waals surface area contributed by atoms with Crippen LogP contribution in [0.15, 0.2) is 60.7 Å². The zero-order valence-electron chi connectivity index (χ0n) is 23.3. The highest BCUT2D eigenvalue weighted by molar-refractivity contribution is 5.86. The van der Waals surface area contributed by atoms with E-state index in [1.807, 2.05) is 60.7 Å². The van der Waals surface area contributed by atoms with Crippen molar-refractivity contribution in [1.82, 2.24) is 16.0 Å². The minimum atomic E-state index is -0.784. The van der Waals surface area contributed by atoms with Crippen molar-refractivity contribution in [3.63, 3.8) is 0 Å². The molecule has 2 aromatic rings. The van der Waals surface area contributed by atoms with Gasteiger partial charge >= 0.3 is 12.1 Å². The molecule has 0 aliphatic heterocycles. The summed E-state index contributed by atoms with van der Waals surface area (Å²) >= 11 is 0. The number of rotatable bonds is 14. The van der Waals surface area contributed by atoms with Crippen LogP contribution in [0.5, 0.6) is 0 Å². The SMILES string of the molecule is COC(=O)[C@H](Cc1ccccc1)NC(=O)CCCCCNC(=O)[C@H](Cc1ccccc1)NC(=O)OC(C)(C)C. The lowest BCUT2D eigenvalue weighted by atomic mass is 10.1. The van der Waals surface area contributed by atoms with E-state index in [9.17, 15) is 19.2 Å². The molecule has 9 heteroatoms. The highest BCUT2D eigenvalue weighted by atomic mass is 16.6. The van der Waals surface area contributed by atoms with Crippen LogP contribution in [0, 0.1) is 0 Å². The summed E-state index contributed by atoms with van der Waals surface area (Å²) < 4.78 is 10.2. The van der Waals surface area contributed by atoms with Gasteiger partial charge in [-0.2, -0.15) is 0 Å². The Hall–Kier alpha value is -3.88. The molecule has 0 aliphatic rings. The first-order chi connectivity index (χ1) is 18.6. The van der Waals surface area contributed by atoms with Crippen LogP contribution in [0.3, 0.4) is 0 Å². The summed E-state index contributed by atoms with van der Waals surface area (Å²) in [4.78, 5) is 49.7. The highest BCUT2D eigenvalue weighted by Crippen LogP contribution is 2.09. The van der Waals surface area contributed by atoms with Crippen LogP contribution in [-0.2, 0) is 36.7 Å². The van der Waals surface area contributed by atoms with Crippen LogP contribution in [-0.4, -0.2) is 55.2 Å². The van der Waals surface area contributed by atoms with Gasteiger partial charge in [0.15, 0.2) is 0 Å². The number of esters is 1. The molecular formula is C30H41N3O6. The third-order valence-electron chi connectivity index (χ3n) is 5.77. The number of nitrogens with one attached hydrogen (secondary N) is 3. The molecule has 2 atom stereocenters. The van der Waals surface area contributed by atoms with Crippen molar-refractivity contribution in [2.45, 2.75) is 77.0 Å². The summed E-state index contributed by atoms with van der Waals surface area (Å²) in [5, 5.41) is 8.31. The third kappa shape index (κ3) is 13.0. The van der Waals surface area contributed by atoms with Gasteiger partial charge in [-0.05, 0) is 44.7 Å². The number of amides is 3. The first-order valence-corrected chi connectivity index (χ1v) is 13.3. The minimum absolute atomic E-state index is 0.227. The average Bonchev–Trinajstić information content (AvgIpc) is 2.89. The zero-order valence-corrected chi connectivity index (χ0v) is 23.3. The quantitative estimate of drug-likeness (QED) is 0.249. The zero-order chi connectivity index (χ0) is 28.7. The van der Waals surface area contributed by atoms with Crippen LogP contribution in [0.2, 0.25) is 0 Å². The van der Waals surface area contributed by atoms with Gasteiger partial charge in [0.05, 0.1) is 7.11 Å². The summed E-state index contributed by atoms with van der Waals surface area (Å²) in [6.45, 7) is 5.69. The van der Waals surface area contributed by atoms with Crippen molar-refractivity contribution < 1.29 is 28.7 Å². The van der Waals surface area contributed by atoms with Gasteiger partial charge in [0.25, 0.3) is 0 Å². The van der Waals surface area contributed by atoms with Crippen LogP contribution in [0.4, 0.5) is 4.79 Å². The maximum absolute atomic E-state index is 12.9. The second-order valence-electron chi connectivity index (χ2n) is 10.3. The van der Waals surface area contributed by atoms with E-state index >= 15 is 0 Å². The number of unbranched alkanes of at least 4 members (excludes halogenated alkanes) is 2. The molecule has 0 unspecified atom stereocenters. The first kappa shape index (κ1) is 31.3. The molecule has 0 aliphatic carbocycles. The Labute approximate surface area is 231 Å². The number of alkyl carbamates (subject to hydrolysis) is 1. The first-order valence-electron chi connectivity index (χ1n) is 13.3. The van der Waals surface area contributed by atoms with Crippen LogP contribution < -0.4 is 16.0 Å². The normalized spacial score (nSPS) is 12.5. The van der Waals surface area contributed by atoms with E-state index in [1.165, 1.54) is 7.11 Å². The minimum Gasteiger partial charge on any atom is -0.467 e. The Kier molecular flexibility index (Phi) is 13.0. The van der Waals surface area contributed by atoms with Crippen molar-refractivity contribution in [2.75, 3.05) is 13.7 Å². The average molecular weight is 540 g/mol. The van der Waals surface area contributed by atoms with Crippen molar-refractivity contribution in [2.24, 2.45) is 0 Å². The molecule has 0 fully saturated rings. The molecule has 0 saturated carbocycles. The third-order valence-corrected chi connectivity index (χ3v) is 5.77. The van der Waals surface area contributed by atoms with Gasteiger partial charge in [-0.25, -0.2) is 9.59 Å². The molecule has 3 N–H and O–H groups in total. The molecule has 0 bridgehead atoms. The molecule has 9 nitrogen and oxygen atoms in total. The lowest BCUT2D eigenvalue weighted by Gasteiger charge is -2.23. The molecule has 0 spiro atoms. The van der Waals surface area contributed by atoms with Gasteiger partial charge < -0.3 is 25.4 Å². The Bertz CT molecular complexity index is 1050. The van der Waals surface area contributed by atoms with Crippen molar-refractivity contribution in [1.29, 1.82) is 0 Å². The Balaban J connectivity index is 1.77. The summed E-state index contributed by atoms with van der Waals surface area (Å²) in [5.74, 6) is -1.01. The van der Waals surface area contributed by atoms with Crippen LogP contribution >= 0.6 is 0 Å². The lowest BCUT2D eigenvalue weighted by Crippen LogP contribution is -2.49. The summed E-state index contributed by atoms with van der Waals surface area (Å²) in [6.07, 6.45) is 2.26. The van der Waals surface area contributed by atoms with Gasteiger partial charge in [0, 0.05) is 25.8 Å². The summed E-state index contributed by atoms with van der Waals surface area (Å²) in [6, 6.07) is 17.3. The van der Waals surface area contributed by atoms with E-state index in [0.717, 1.165) is 11.1 Å². The Morgan fingerprint density at radius 2 is 1.33 bits per heavy atom. The molecular weight excluding hydrogens is 498 g/mol. The monoisotopic (exact) mass is 539 g/mol. The molecule has 2 aromatic carbocycles. The molecule has 0 heterocycles. The summed E-state index contributed by atoms with van der Waals surface area (Å²) in [7, 11) is 1.30. The number of carbonyl (C=O) groups is 4. The summed E-state index contributed by atoms with van der Waals surface area (Å²) in [5.41, 5.74) is 1.16. The molecule has 0 saturated heterocycles. The van der Waals surface area contributed by atoms with Gasteiger partial charge in [0.2, 0.25) is 11.8 Å². The number of methoxy groups -OCH3 is 1. The maximum atomic E-state index is 12.9. The number of benzene rings is 2. The van der Waals surface area contributed by atoms with Gasteiger partial charge in [-0.3, -0.25) is 9.59 Å². The molecule has 212 valence electrons. The van der Waals surface area contributed by atoms with E-state index in [1.54, 1.807) is 20.8 Å². The highest BCUT2D eigenvalue weighted by Gasteiger charge is 2.25. The smallest absolute Gasteiger partial charge is 0.408 e. The van der Waals surface area contributed by atoms with E-state index in [-0.39, 0.29) is 18.2 Å². The topological polar surface area (TPSA) is 123 Å². The number of hydrogen-bond donors (Lipinski definition) is 3. The van der Waals surface area contributed by atoms with Crippen LogP contribution in [0.25, 0.3) is 0 Å². The van der Waals surface area contributed by atoms with Crippen LogP contribution in [0.1, 0.15) is 57.6 Å². The molecule has 0 aromatic heterocycles. The fourth-order valence-electron chi connectivity index (χ4n) is 3.88. The van der Waals surface area contributed by atoms with Gasteiger partial charge in [-0.1, -0.05) is 67.1 Å². The van der Waals surface area contributed by atoms with E-state index in [0.29, 0.717) is 38.6 Å². The fourth-order valence-corrected chi connectivity index (χ4v) is 3.88. The van der Waals surface area contributed by atoms with E-state index in [4.69, 9.17) is 9.47 Å². The number of hydrogen-bond acceptors (Lipinski definition) is 6. The van der Waals surface area contributed by atoms with Crippen molar-refractivity contribution in [3.8, 4) is 0 Å². The Morgan fingerprint density at radius 3 is 1.87 bits per heavy atom. The lowest BCUT2D eigenvalue weighted by molar-refractivity contribution is -0.145.